The second-order valence-corrected chi connectivity index (χ2v) is 11.6. The van der Waals surface area contributed by atoms with E-state index in [0.29, 0.717) is 24.7 Å². The summed E-state index contributed by atoms with van der Waals surface area (Å²) in [6.07, 6.45) is 6.07. The van der Waals surface area contributed by atoms with Crippen LogP contribution >= 0.6 is 11.6 Å². The standard InChI is InChI=1S/C32H34ClN5O4/c1-42-28-7-3-5-24(19-28)32(39)36-16-14-35(15-17-36)21-29-31(22-8-11-27(12-9-22)38(40)41)34-30-13-10-25(20-37(29)30)23-4-2-6-26(33)18-23/h2,4,6,8-13,18,20,24,28H,3,5,7,14-17,19,21H2,1H3/t24-,28-/m1/s1. The third kappa shape index (κ3) is 5.90. The Bertz CT molecular complexity index is 1600. The summed E-state index contributed by atoms with van der Waals surface area (Å²) in [5.74, 6) is 0.302. The molecule has 2 aliphatic rings. The van der Waals surface area contributed by atoms with Crippen LogP contribution in [0.15, 0.2) is 66.9 Å². The minimum absolute atomic E-state index is 0.0443. The van der Waals surface area contributed by atoms with Gasteiger partial charge in [0.25, 0.3) is 5.69 Å². The molecule has 1 saturated heterocycles. The summed E-state index contributed by atoms with van der Waals surface area (Å²) >= 11 is 6.28. The van der Waals surface area contributed by atoms with Crippen LogP contribution in [0.3, 0.4) is 0 Å². The van der Waals surface area contributed by atoms with Gasteiger partial charge in [-0.05, 0) is 66.8 Å². The van der Waals surface area contributed by atoms with Gasteiger partial charge in [0.05, 0.1) is 22.4 Å². The lowest BCUT2D eigenvalue weighted by molar-refractivity contribution is -0.384. The number of methoxy groups -OCH3 is 1. The topological polar surface area (TPSA) is 93.2 Å². The number of aromatic nitrogens is 2. The van der Waals surface area contributed by atoms with E-state index in [1.807, 2.05) is 41.3 Å². The minimum Gasteiger partial charge on any atom is -0.381 e. The number of carbonyl (C=O) groups is 1. The summed E-state index contributed by atoms with van der Waals surface area (Å²) in [4.78, 5) is 33.5. The number of imidazole rings is 1. The molecule has 10 heteroatoms. The largest absolute Gasteiger partial charge is 0.381 e. The van der Waals surface area contributed by atoms with Crippen molar-refractivity contribution in [1.82, 2.24) is 19.2 Å². The Labute approximate surface area is 249 Å². The molecule has 3 heterocycles. The first-order valence-corrected chi connectivity index (χ1v) is 14.8. The Balaban J connectivity index is 1.27. The summed E-state index contributed by atoms with van der Waals surface area (Å²) in [6, 6.07) is 18.3. The van der Waals surface area contributed by atoms with E-state index in [9.17, 15) is 14.9 Å². The van der Waals surface area contributed by atoms with Crippen molar-refractivity contribution in [3.05, 3.63) is 87.7 Å². The first kappa shape index (κ1) is 28.3. The third-order valence-electron chi connectivity index (χ3n) is 8.59. The molecule has 2 fully saturated rings. The van der Waals surface area contributed by atoms with Crippen molar-refractivity contribution >= 4 is 28.8 Å². The van der Waals surface area contributed by atoms with E-state index in [1.54, 1.807) is 19.2 Å². The molecule has 0 N–H and O–H groups in total. The number of benzene rings is 2. The average molecular weight is 588 g/mol. The van der Waals surface area contributed by atoms with Crippen LogP contribution in [0.1, 0.15) is 31.4 Å². The SMILES string of the molecule is CO[C@@H]1CCC[C@@H](C(=O)N2CCN(Cc3c(-c4ccc([N+](=O)[O-])cc4)nc4ccc(-c5cccc(Cl)c5)cn34)CC2)C1. The summed E-state index contributed by atoms with van der Waals surface area (Å²) < 4.78 is 7.66. The number of fused-ring (bicyclic) bond motifs is 1. The first-order valence-electron chi connectivity index (χ1n) is 14.5. The molecule has 1 aliphatic carbocycles. The van der Waals surface area contributed by atoms with Gasteiger partial charge in [-0.15, -0.1) is 0 Å². The van der Waals surface area contributed by atoms with Crippen LogP contribution in [0.4, 0.5) is 5.69 Å². The van der Waals surface area contributed by atoms with Crippen molar-refractivity contribution in [3.8, 4) is 22.4 Å². The van der Waals surface area contributed by atoms with Gasteiger partial charge in [-0.1, -0.05) is 30.2 Å². The van der Waals surface area contributed by atoms with Crippen molar-refractivity contribution in [1.29, 1.82) is 0 Å². The molecule has 2 aromatic carbocycles. The number of hydrogen-bond donors (Lipinski definition) is 0. The normalized spacial score (nSPS) is 19.7. The van der Waals surface area contributed by atoms with Crippen molar-refractivity contribution < 1.29 is 14.5 Å². The summed E-state index contributed by atoms with van der Waals surface area (Å²) in [6.45, 7) is 3.51. The molecule has 42 heavy (non-hydrogen) atoms. The molecule has 1 aliphatic heterocycles. The smallest absolute Gasteiger partial charge is 0.269 e. The highest BCUT2D eigenvalue weighted by atomic mass is 35.5. The number of piperazine rings is 1. The van der Waals surface area contributed by atoms with Crippen LogP contribution in [0.2, 0.25) is 5.02 Å². The number of carbonyl (C=O) groups excluding carboxylic acids is 1. The highest BCUT2D eigenvalue weighted by molar-refractivity contribution is 6.30. The lowest BCUT2D eigenvalue weighted by atomic mass is 9.86. The fourth-order valence-corrected chi connectivity index (χ4v) is 6.43. The number of non-ortho nitro benzene ring substituents is 1. The molecule has 2 aromatic heterocycles. The van der Waals surface area contributed by atoms with Crippen LogP contribution in [0, 0.1) is 16.0 Å². The Morgan fingerprint density at radius 1 is 1.02 bits per heavy atom. The highest BCUT2D eigenvalue weighted by Gasteiger charge is 2.32. The Kier molecular flexibility index (Phi) is 8.24. The molecule has 0 spiro atoms. The number of ether oxygens (including phenoxy) is 1. The van der Waals surface area contributed by atoms with Gasteiger partial charge < -0.3 is 14.0 Å². The predicted octanol–water partition coefficient (Wildman–Crippen LogP) is 6.08. The molecule has 4 aromatic rings. The molecule has 0 radical (unpaired) electrons. The monoisotopic (exact) mass is 587 g/mol. The van der Waals surface area contributed by atoms with Gasteiger partial charge in [-0.3, -0.25) is 19.8 Å². The van der Waals surface area contributed by atoms with E-state index in [0.717, 1.165) is 72.5 Å². The molecule has 2 atom stereocenters. The Morgan fingerprint density at radius 2 is 1.79 bits per heavy atom. The van der Waals surface area contributed by atoms with Crippen molar-refractivity contribution in [2.45, 2.75) is 38.3 Å². The maximum atomic E-state index is 13.3. The molecule has 1 saturated carbocycles. The van der Waals surface area contributed by atoms with Crippen LogP contribution in [-0.2, 0) is 16.1 Å². The molecule has 6 rings (SSSR count). The summed E-state index contributed by atoms with van der Waals surface area (Å²) in [7, 11) is 1.74. The number of halogens is 1. The van der Waals surface area contributed by atoms with Gasteiger partial charge in [0.1, 0.15) is 5.65 Å². The Morgan fingerprint density at radius 3 is 2.50 bits per heavy atom. The van der Waals surface area contributed by atoms with E-state index in [2.05, 4.69) is 15.5 Å². The van der Waals surface area contributed by atoms with Gasteiger partial charge in [-0.2, -0.15) is 0 Å². The molecule has 218 valence electrons. The van der Waals surface area contributed by atoms with E-state index in [-0.39, 0.29) is 23.6 Å². The van der Waals surface area contributed by atoms with Gasteiger partial charge in [-0.25, -0.2) is 4.98 Å². The van der Waals surface area contributed by atoms with Crippen LogP contribution in [0.5, 0.6) is 0 Å². The Hall–Kier alpha value is -3.79. The van der Waals surface area contributed by atoms with Gasteiger partial charge >= 0.3 is 0 Å². The number of rotatable bonds is 7. The second-order valence-electron chi connectivity index (χ2n) is 11.2. The highest BCUT2D eigenvalue weighted by Crippen LogP contribution is 2.31. The fourth-order valence-electron chi connectivity index (χ4n) is 6.24. The lowest BCUT2D eigenvalue weighted by Gasteiger charge is -2.38. The van der Waals surface area contributed by atoms with E-state index in [1.165, 1.54) is 12.1 Å². The van der Waals surface area contributed by atoms with Crippen molar-refractivity contribution in [2.24, 2.45) is 5.92 Å². The summed E-state index contributed by atoms with van der Waals surface area (Å²) in [5, 5.41) is 11.9. The van der Waals surface area contributed by atoms with Crippen LogP contribution < -0.4 is 0 Å². The van der Waals surface area contributed by atoms with Gasteiger partial charge in [0, 0.05) is 74.7 Å². The van der Waals surface area contributed by atoms with Crippen molar-refractivity contribution in [2.75, 3.05) is 33.3 Å². The molecular formula is C32H34ClN5O4. The van der Waals surface area contributed by atoms with Gasteiger partial charge in [0.2, 0.25) is 5.91 Å². The quantitative estimate of drug-likeness (QED) is 0.192. The zero-order valence-corrected chi connectivity index (χ0v) is 24.4. The molecule has 0 bridgehead atoms. The molecule has 0 unspecified atom stereocenters. The maximum Gasteiger partial charge on any atom is 0.269 e. The molecule has 9 nitrogen and oxygen atoms in total. The molecular weight excluding hydrogens is 554 g/mol. The molecule has 1 amide bonds. The number of nitro benzene ring substituents is 1. The zero-order chi connectivity index (χ0) is 29.2. The van der Waals surface area contributed by atoms with E-state index < -0.39 is 4.92 Å². The predicted molar refractivity (Wildman–Crippen MR) is 162 cm³/mol. The summed E-state index contributed by atoms with van der Waals surface area (Å²) in [5.41, 5.74) is 5.47. The zero-order valence-electron chi connectivity index (χ0n) is 23.6. The lowest BCUT2D eigenvalue weighted by Crippen LogP contribution is -2.50. The van der Waals surface area contributed by atoms with Crippen LogP contribution in [0.25, 0.3) is 28.0 Å². The van der Waals surface area contributed by atoms with Crippen LogP contribution in [-0.4, -0.2) is 69.4 Å². The third-order valence-corrected chi connectivity index (χ3v) is 8.83. The first-order chi connectivity index (χ1) is 20.4. The van der Waals surface area contributed by atoms with E-state index in [4.69, 9.17) is 21.3 Å². The number of nitrogens with zero attached hydrogens (tertiary/aromatic N) is 5. The second kappa shape index (κ2) is 12.2. The van der Waals surface area contributed by atoms with Gasteiger partial charge in [0.15, 0.2) is 0 Å². The van der Waals surface area contributed by atoms with Crippen molar-refractivity contribution in [3.63, 3.8) is 0 Å². The number of amides is 1. The fraction of sp³-hybridized carbons (Fsp3) is 0.375. The van der Waals surface area contributed by atoms with E-state index >= 15 is 0 Å². The number of pyridine rings is 1. The minimum atomic E-state index is -0.394. The number of nitro groups is 1. The maximum absolute atomic E-state index is 13.3. The average Bonchev–Trinajstić information content (AvgIpc) is 3.38. The number of hydrogen-bond acceptors (Lipinski definition) is 6.